The Morgan fingerprint density at radius 3 is 2.41 bits per heavy atom. The SMILES string of the molecule is CNC1CCN(S(=O)(=O)c2ccc3c(c2)OCCO3)CC1.Cl. The van der Waals surface area contributed by atoms with Crippen LogP contribution in [0.15, 0.2) is 23.1 Å². The van der Waals surface area contributed by atoms with Crippen LogP contribution in [0.3, 0.4) is 0 Å². The molecule has 1 aromatic carbocycles. The van der Waals surface area contributed by atoms with Crippen LogP contribution in [0.4, 0.5) is 0 Å². The third-order valence-corrected chi connectivity index (χ3v) is 5.91. The predicted molar refractivity (Wildman–Crippen MR) is 85.5 cm³/mol. The van der Waals surface area contributed by atoms with E-state index in [0.29, 0.717) is 43.8 Å². The molecule has 124 valence electrons. The van der Waals surface area contributed by atoms with E-state index in [1.165, 1.54) is 0 Å². The van der Waals surface area contributed by atoms with Gasteiger partial charge in [0.15, 0.2) is 11.5 Å². The molecule has 1 N–H and O–H groups in total. The van der Waals surface area contributed by atoms with Crippen LogP contribution in [0.2, 0.25) is 0 Å². The van der Waals surface area contributed by atoms with Gasteiger partial charge in [0, 0.05) is 25.2 Å². The highest BCUT2D eigenvalue weighted by molar-refractivity contribution is 7.89. The smallest absolute Gasteiger partial charge is 0.243 e. The largest absolute Gasteiger partial charge is 0.486 e. The molecule has 0 amide bonds. The van der Waals surface area contributed by atoms with Gasteiger partial charge in [0.1, 0.15) is 13.2 Å². The minimum Gasteiger partial charge on any atom is -0.486 e. The molecule has 1 saturated heterocycles. The van der Waals surface area contributed by atoms with E-state index < -0.39 is 10.0 Å². The van der Waals surface area contributed by atoms with Crippen LogP contribution in [-0.4, -0.2) is 52.1 Å². The molecule has 0 radical (unpaired) electrons. The van der Waals surface area contributed by atoms with E-state index in [4.69, 9.17) is 9.47 Å². The maximum Gasteiger partial charge on any atom is 0.243 e. The molecule has 8 heteroatoms. The van der Waals surface area contributed by atoms with E-state index in [1.807, 2.05) is 7.05 Å². The van der Waals surface area contributed by atoms with Gasteiger partial charge in [-0.2, -0.15) is 4.31 Å². The molecule has 0 aliphatic carbocycles. The van der Waals surface area contributed by atoms with E-state index in [-0.39, 0.29) is 17.3 Å². The summed E-state index contributed by atoms with van der Waals surface area (Å²) in [6, 6.07) is 5.22. The normalized spacial score (nSPS) is 19.5. The number of halogens is 1. The highest BCUT2D eigenvalue weighted by atomic mass is 35.5. The zero-order valence-electron chi connectivity index (χ0n) is 12.4. The number of benzene rings is 1. The molecule has 0 saturated carbocycles. The number of fused-ring (bicyclic) bond motifs is 1. The van der Waals surface area contributed by atoms with Gasteiger partial charge in [-0.25, -0.2) is 8.42 Å². The molecule has 2 aliphatic rings. The first-order valence-corrected chi connectivity index (χ1v) is 8.62. The Morgan fingerprint density at radius 1 is 1.14 bits per heavy atom. The Kier molecular flexibility index (Phi) is 5.55. The summed E-state index contributed by atoms with van der Waals surface area (Å²) in [5.74, 6) is 1.11. The molecule has 2 heterocycles. The second kappa shape index (κ2) is 7.04. The fourth-order valence-electron chi connectivity index (χ4n) is 2.72. The van der Waals surface area contributed by atoms with Gasteiger partial charge in [0.25, 0.3) is 0 Å². The minimum atomic E-state index is -3.46. The van der Waals surface area contributed by atoms with Gasteiger partial charge >= 0.3 is 0 Å². The van der Waals surface area contributed by atoms with Crippen molar-refractivity contribution in [1.29, 1.82) is 0 Å². The summed E-state index contributed by atoms with van der Waals surface area (Å²) >= 11 is 0. The number of piperidine rings is 1. The molecule has 3 rings (SSSR count). The number of hydrogen-bond acceptors (Lipinski definition) is 5. The lowest BCUT2D eigenvalue weighted by atomic mass is 10.1. The summed E-state index contributed by atoms with van der Waals surface area (Å²) < 4.78 is 37.8. The molecule has 0 unspecified atom stereocenters. The number of ether oxygens (including phenoxy) is 2. The Morgan fingerprint density at radius 2 is 1.77 bits per heavy atom. The second-order valence-electron chi connectivity index (χ2n) is 5.27. The van der Waals surface area contributed by atoms with Gasteiger partial charge in [-0.05, 0) is 32.0 Å². The summed E-state index contributed by atoms with van der Waals surface area (Å²) in [4.78, 5) is 0.273. The van der Waals surface area contributed by atoms with Crippen LogP contribution < -0.4 is 14.8 Å². The maximum atomic E-state index is 12.7. The van der Waals surface area contributed by atoms with Crippen LogP contribution in [-0.2, 0) is 10.0 Å². The fourth-order valence-corrected chi connectivity index (χ4v) is 4.20. The summed E-state index contributed by atoms with van der Waals surface area (Å²) in [6.07, 6.45) is 1.67. The zero-order valence-corrected chi connectivity index (χ0v) is 14.1. The molecule has 2 aliphatic heterocycles. The Labute approximate surface area is 137 Å². The van der Waals surface area contributed by atoms with Gasteiger partial charge < -0.3 is 14.8 Å². The zero-order chi connectivity index (χ0) is 14.9. The summed E-state index contributed by atoms with van der Waals surface area (Å²) in [6.45, 7) is 2.03. The fraction of sp³-hybridized carbons (Fsp3) is 0.571. The molecular weight excluding hydrogens is 328 g/mol. The van der Waals surface area contributed by atoms with Gasteiger partial charge in [0.2, 0.25) is 10.0 Å². The molecule has 6 nitrogen and oxygen atoms in total. The Balaban J connectivity index is 0.00000176. The van der Waals surface area contributed by atoms with Crippen molar-refractivity contribution in [3.05, 3.63) is 18.2 Å². The van der Waals surface area contributed by atoms with Crippen LogP contribution >= 0.6 is 12.4 Å². The van der Waals surface area contributed by atoms with E-state index in [2.05, 4.69) is 5.32 Å². The topological polar surface area (TPSA) is 67.9 Å². The van der Waals surface area contributed by atoms with Crippen LogP contribution in [0.5, 0.6) is 11.5 Å². The van der Waals surface area contributed by atoms with Crippen molar-refractivity contribution in [2.45, 2.75) is 23.8 Å². The maximum absolute atomic E-state index is 12.7. The molecule has 0 spiro atoms. The van der Waals surface area contributed by atoms with Crippen LogP contribution in [0.1, 0.15) is 12.8 Å². The lowest BCUT2D eigenvalue weighted by Gasteiger charge is -2.31. The predicted octanol–water partition coefficient (Wildman–Crippen LogP) is 1.25. The average Bonchev–Trinajstić information content (AvgIpc) is 2.54. The molecule has 1 fully saturated rings. The first-order valence-electron chi connectivity index (χ1n) is 7.18. The number of nitrogens with one attached hydrogen (secondary N) is 1. The van der Waals surface area contributed by atoms with E-state index in [0.717, 1.165) is 12.8 Å². The molecule has 22 heavy (non-hydrogen) atoms. The van der Waals surface area contributed by atoms with E-state index in [9.17, 15) is 8.42 Å². The Bertz CT molecular complexity index is 615. The lowest BCUT2D eigenvalue weighted by molar-refractivity contribution is 0.171. The van der Waals surface area contributed by atoms with Crippen molar-refractivity contribution in [2.75, 3.05) is 33.4 Å². The van der Waals surface area contributed by atoms with Gasteiger partial charge in [0.05, 0.1) is 4.90 Å². The number of hydrogen-bond donors (Lipinski definition) is 1. The van der Waals surface area contributed by atoms with Gasteiger partial charge in [-0.3, -0.25) is 0 Å². The highest BCUT2D eigenvalue weighted by Gasteiger charge is 2.29. The summed E-state index contributed by atoms with van der Waals surface area (Å²) in [7, 11) is -1.54. The monoisotopic (exact) mass is 348 g/mol. The third kappa shape index (κ3) is 3.32. The van der Waals surface area contributed by atoms with Crippen molar-refractivity contribution in [3.63, 3.8) is 0 Å². The Hall–Kier alpha value is -1.02. The summed E-state index contributed by atoms with van der Waals surface area (Å²) in [5.41, 5.74) is 0. The van der Waals surface area contributed by atoms with Crippen molar-refractivity contribution in [1.82, 2.24) is 9.62 Å². The third-order valence-electron chi connectivity index (χ3n) is 4.01. The molecule has 0 bridgehead atoms. The second-order valence-corrected chi connectivity index (χ2v) is 7.21. The van der Waals surface area contributed by atoms with Gasteiger partial charge in [-0.15, -0.1) is 12.4 Å². The number of rotatable bonds is 3. The van der Waals surface area contributed by atoms with Crippen molar-refractivity contribution in [3.8, 4) is 11.5 Å². The highest BCUT2D eigenvalue weighted by Crippen LogP contribution is 2.33. The number of sulfonamides is 1. The van der Waals surface area contributed by atoms with Crippen molar-refractivity contribution in [2.24, 2.45) is 0 Å². The van der Waals surface area contributed by atoms with Crippen molar-refractivity contribution >= 4 is 22.4 Å². The first-order chi connectivity index (χ1) is 10.1. The van der Waals surface area contributed by atoms with E-state index >= 15 is 0 Å². The number of nitrogens with zero attached hydrogens (tertiary/aromatic N) is 1. The van der Waals surface area contributed by atoms with Crippen LogP contribution in [0.25, 0.3) is 0 Å². The molecule has 1 aromatic rings. The van der Waals surface area contributed by atoms with Crippen molar-refractivity contribution < 1.29 is 17.9 Å². The standard InChI is InChI=1S/C14H20N2O4S.ClH/c1-15-11-4-6-16(7-5-11)21(17,18)12-2-3-13-14(10-12)20-9-8-19-13;/h2-3,10-11,15H,4-9H2,1H3;1H. The van der Waals surface area contributed by atoms with Crippen LogP contribution in [0, 0.1) is 0 Å². The minimum absolute atomic E-state index is 0. The first kappa shape index (κ1) is 17.3. The quantitative estimate of drug-likeness (QED) is 0.890. The van der Waals surface area contributed by atoms with Gasteiger partial charge in [-0.1, -0.05) is 0 Å². The molecular formula is C14H21ClN2O4S. The lowest BCUT2D eigenvalue weighted by Crippen LogP contribution is -2.43. The average molecular weight is 349 g/mol. The van der Waals surface area contributed by atoms with E-state index in [1.54, 1.807) is 22.5 Å². The molecule has 0 aromatic heterocycles. The summed E-state index contributed by atoms with van der Waals surface area (Å²) in [5, 5.41) is 3.20. The molecule has 0 atom stereocenters.